The van der Waals surface area contributed by atoms with E-state index in [2.05, 4.69) is 9.88 Å². The number of carbonyl (C=O) groups is 1. The van der Waals surface area contributed by atoms with E-state index in [4.69, 9.17) is 9.47 Å². The summed E-state index contributed by atoms with van der Waals surface area (Å²) in [5.41, 5.74) is 0.969. The molecule has 3 aliphatic rings. The lowest BCUT2D eigenvalue weighted by molar-refractivity contribution is 0.0585. The molecule has 0 atom stereocenters. The largest absolute Gasteiger partial charge is 0.454 e. The average Bonchev–Trinajstić information content (AvgIpc) is 3.49. The molecule has 2 saturated carbocycles. The third-order valence-corrected chi connectivity index (χ3v) is 7.04. The van der Waals surface area contributed by atoms with Gasteiger partial charge in [0.15, 0.2) is 11.5 Å². The molecule has 2 aromatic rings. The number of aromatic nitrogens is 1. The van der Waals surface area contributed by atoms with Crippen LogP contribution in [0.15, 0.2) is 24.4 Å². The summed E-state index contributed by atoms with van der Waals surface area (Å²) in [5, 5.41) is 0.856. The fourth-order valence-corrected chi connectivity index (χ4v) is 5.51. The van der Waals surface area contributed by atoms with E-state index < -0.39 is 0 Å². The number of amides is 1. The van der Waals surface area contributed by atoms with Crippen LogP contribution in [0, 0.1) is 0 Å². The highest BCUT2D eigenvalue weighted by Gasteiger charge is 2.35. The van der Waals surface area contributed by atoms with Gasteiger partial charge in [0.1, 0.15) is 9.88 Å². The van der Waals surface area contributed by atoms with Crippen molar-refractivity contribution in [2.45, 2.75) is 63.5 Å². The third kappa shape index (κ3) is 3.20. The van der Waals surface area contributed by atoms with Crippen LogP contribution in [0.4, 0.5) is 0 Å². The van der Waals surface area contributed by atoms with Crippen molar-refractivity contribution in [3.63, 3.8) is 0 Å². The Kier molecular flexibility index (Phi) is 4.52. The van der Waals surface area contributed by atoms with Crippen LogP contribution in [-0.4, -0.2) is 34.7 Å². The fourth-order valence-electron chi connectivity index (χ4n) is 4.66. The summed E-state index contributed by atoms with van der Waals surface area (Å²) in [6, 6.07) is 6.66. The highest BCUT2D eigenvalue weighted by molar-refractivity contribution is 7.16. The van der Waals surface area contributed by atoms with Crippen molar-refractivity contribution in [1.29, 1.82) is 0 Å². The van der Waals surface area contributed by atoms with E-state index in [0.29, 0.717) is 12.1 Å². The Morgan fingerprint density at radius 1 is 1.00 bits per heavy atom. The van der Waals surface area contributed by atoms with E-state index in [1.54, 1.807) is 6.20 Å². The Balaban J connectivity index is 1.41. The predicted octanol–water partition coefficient (Wildman–Crippen LogP) is 4.87. The zero-order chi connectivity index (χ0) is 18.2. The van der Waals surface area contributed by atoms with Crippen molar-refractivity contribution in [3.8, 4) is 22.1 Å². The smallest absolute Gasteiger partial charge is 0.266 e. The van der Waals surface area contributed by atoms with Crippen molar-refractivity contribution in [2.75, 3.05) is 6.79 Å². The first kappa shape index (κ1) is 17.0. The Morgan fingerprint density at radius 2 is 1.67 bits per heavy atom. The Hall–Kier alpha value is -2.08. The molecular formula is C21H24N2O3S. The molecule has 1 aromatic heterocycles. The fraction of sp³-hybridized carbons (Fsp3) is 0.524. The molecule has 0 unspecified atom stereocenters. The lowest BCUT2D eigenvalue weighted by Crippen LogP contribution is -2.44. The molecule has 0 saturated heterocycles. The lowest BCUT2D eigenvalue weighted by atomic mass is 10.1. The first-order valence-corrected chi connectivity index (χ1v) is 10.8. The molecule has 2 heterocycles. The van der Waals surface area contributed by atoms with Gasteiger partial charge in [0.2, 0.25) is 6.79 Å². The minimum absolute atomic E-state index is 0.179. The minimum atomic E-state index is 0.179. The SMILES string of the molecule is O=C(c1cnc(-c2ccc3c(c2)OCO3)s1)N(C1CCCC1)C1CCCC1. The number of benzene rings is 1. The molecule has 0 N–H and O–H groups in total. The zero-order valence-electron chi connectivity index (χ0n) is 15.4. The van der Waals surface area contributed by atoms with Gasteiger partial charge >= 0.3 is 0 Å². The number of fused-ring (bicyclic) bond motifs is 1. The Morgan fingerprint density at radius 3 is 2.37 bits per heavy atom. The molecular weight excluding hydrogens is 360 g/mol. The molecule has 5 nitrogen and oxygen atoms in total. The highest BCUT2D eigenvalue weighted by Crippen LogP contribution is 2.38. The summed E-state index contributed by atoms with van der Waals surface area (Å²) in [5.74, 6) is 1.69. The van der Waals surface area contributed by atoms with E-state index in [9.17, 15) is 4.79 Å². The molecule has 1 aromatic carbocycles. The van der Waals surface area contributed by atoms with Gasteiger partial charge in [-0.25, -0.2) is 4.98 Å². The molecule has 2 aliphatic carbocycles. The highest BCUT2D eigenvalue weighted by atomic mass is 32.1. The molecule has 5 rings (SSSR count). The second-order valence-corrected chi connectivity index (χ2v) is 8.72. The molecule has 1 amide bonds. The number of nitrogens with zero attached hydrogens (tertiary/aromatic N) is 2. The third-order valence-electron chi connectivity index (χ3n) is 6.01. The van der Waals surface area contributed by atoms with Crippen molar-refractivity contribution >= 4 is 17.2 Å². The van der Waals surface area contributed by atoms with Gasteiger partial charge in [0, 0.05) is 17.6 Å². The number of ether oxygens (including phenoxy) is 2. The van der Waals surface area contributed by atoms with E-state index in [0.717, 1.165) is 52.6 Å². The van der Waals surface area contributed by atoms with Crippen LogP contribution in [0.25, 0.3) is 10.6 Å². The summed E-state index contributed by atoms with van der Waals surface area (Å²) in [6.45, 7) is 0.262. The minimum Gasteiger partial charge on any atom is -0.454 e. The molecule has 0 spiro atoms. The second kappa shape index (κ2) is 7.15. The van der Waals surface area contributed by atoms with Crippen LogP contribution in [-0.2, 0) is 0 Å². The number of rotatable bonds is 4. The maximum atomic E-state index is 13.4. The van der Waals surface area contributed by atoms with E-state index >= 15 is 0 Å². The number of hydrogen-bond donors (Lipinski definition) is 0. The van der Waals surface area contributed by atoms with Crippen molar-refractivity contribution < 1.29 is 14.3 Å². The summed E-state index contributed by atoms with van der Waals surface area (Å²) in [7, 11) is 0. The topological polar surface area (TPSA) is 51.7 Å². The molecule has 6 heteroatoms. The van der Waals surface area contributed by atoms with Gasteiger partial charge in [0.25, 0.3) is 5.91 Å². The first-order valence-electron chi connectivity index (χ1n) is 9.98. The number of carbonyl (C=O) groups excluding carboxylic acids is 1. The van der Waals surface area contributed by atoms with Crippen LogP contribution < -0.4 is 9.47 Å². The van der Waals surface area contributed by atoms with Gasteiger partial charge in [-0.2, -0.15) is 0 Å². The molecule has 1 aliphatic heterocycles. The summed E-state index contributed by atoms with van der Waals surface area (Å²) >= 11 is 1.49. The summed E-state index contributed by atoms with van der Waals surface area (Å²) in [4.78, 5) is 20.9. The second-order valence-electron chi connectivity index (χ2n) is 7.69. The van der Waals surface area contributed by atoms with Gasteiger partial charge < -0.3 is 14.4 Å². The zero-order valence-corrected chi connectivity index (χ0v) is 16.2. The van der Waals surface area contributed by atoms with Crippen molar-refractivity contribution in [3.05, 3.63) is 29.3 Å². The van der Waals surface area contributed by atoms with Crippen LogP contribution >= 0.6 is 11.3 Å². The van der Waals surface area contributed by atoms with Crippen LogP contribution in [0.1, 0.15) is 61.0 Å². The Bertz CT molecular complexity index is 822. The first-order chi connectivity index (χ1) is 13.3. The standard InChI is InChI=1S/C21H24N2O3S/c24-21(23(15-5-1-2-6-15)16-7-3-4-8-16)19-12-22-20(27-19)14-9-10-17-18(11-14)26-13-25-17/h9-12,15-16H,1-8,13H2. The van der Waals surface area contributed by atoms with Gasteiger partial charge in [-0.3, -0.25) is 4.79 Å². The van der Waals surface area contributed by atoms with E-state index in [1.807, 2.05) is 18.2 Å². The number of hydrogen-bond acceptors (Lipinski definition) is 5. The molecule has 0 bridgehead atoms. The van der Waals surface area contributed by atoms with Crippen LogP contribution in [0.5, 0.6) is 11.5 Å². The quantitative estimate of drug-likeness (QED) is 0.755. The normalized spacial score (nSPS) is 19.7. The number of thiazole rings is 1. The summed E-state index contributed by atoms with van der Waals surface area (Å²) < 4.78 is 10.8. The molecule has 2 fully saturated rings. The van der Waals surface area contributed by atoms with Gasteiger partial charge in [0.05, 0.1) is 6.20 Å². The molecule has 27 heavy (non-hydrogen) atoms. The molecule has 0 radical (unpaired) electrons. The van der Waals surface area contributed by atoms with Crippen molar-refractivity contribution in [1.82, 2.24) is 9.88 Å². The van der Waals surface area contributed by atoms with E-state index in [1.165, 1.54) is 37.0 Å². The Labute approximate surface area is 163 Å². The lowest BCUT2D eigenvalue weighted by Gasteiger charge is -2.34. The van der Waals surface area contributed by atoms with E-state index in [-0.39, 0.29) is 12.7 Å². The molecule has 142 valence electrons. The van der Waals surface area contributed by atoms with Crippen molar-refractivity contribution in [2.24, 2.45) is 0 Å². The van der Waals surface area contributed by atoms with Gasteiger partial charge in [-0.1, -0.05) is 25.7 Å². The van der Waals surface area contributed by atoms with Gasteiger partial charge in [-0.05, 0) is 43.9 Å². The maximum absolute atomic E-state index is 13.4. The van der Waals surface area contributed by atoms with Crippen LogP contribution in [0.3, 0.4) is 0 Å². The monoisotopic (exact) mass is 384 g/mol. The van der Waals surface area contributed by atoms with Crippen LogP contribution in [0.2, 0.25) is 0 Å². The maximum Gasteiger partial charge on any atom is 0.266 e. The van der Waals surface area contributed by atoms with Gasteiger partial charge in [-0.15, -0.1) is 11.3 Å². The average molecular weight is 385 g/mol. The predicted molar refractivity (Wildman–Crippen MR) is 104 cm³/mol. The summed E-state index contributed by atoms with van der Waals surface area (Å²) in [6.07, 6.45) is 11.3.